The third-order valence-corrected chi connectivity index (χ3v) is 9.46. The average molecular weight is 557 g/mol. The first-order valence-electron chi connectivity index (χ1n) is 11.7. The summed E-state index contributed by atoms with van der Waals surface area (Å²) in [6.07, 6.45) is 0. The smallest absolute Gasteiger partial charge is 0.220 e. The van der Waals surface area contributed by atoms with Crippen LogP contribution in [0.2, 0.25) is 0 Å². The molecular weight excluding hydrogens is 524 g/mol. The molecule has 0 fully saturated rings. The van der Waals surface area contributed by atoms with Crippen molar-refractivity contribution in [3.8, 4) is 0 Å². The predicted molar refractivity (Wildman–Crippen MR) is 156 cm³/mol. The fourth-order valence-corrected chi connectivity index (χ4v) is 7.19. The van der Waals surface area contributed by atoms with Crippen molar-refractivity contribution in [1.29, 1.82) is 0 Å². The van der Waals surface area contributed by atoms with Crippen LogP contribution in [0.1, 0.15) is 38.8 Å². The summed E-state index contributed by atoms with van der Waals surface area (Å²) in [5.74, 6) is 1.03. The van der Waals surface area contributed by atoms with Gasteiger partial charge in [0.15, 0.2) is 0 Å². The molecule has 0 aromatic heterocycles. The Hall–Kier alpha value is -3.78. The maximum absolute atomic E-state index is 12.8. The molecule has 0 aliphatic carbocycles. The van der Waals surface area contributed by atoms with E-state index in [0.717, 1.165) is 22.5 Å². The summed E-state index contributed by atoms with van der Waals surface area (Å²) < 4.78 is 25.7. The van der Waals surface area contributed by atoms with Crippen LogP contribution in [0.3, 0.4) is 0 Å². The SMILES string of the molecule is CC1(C)N=C(N)N=C(N)N1c1ccc(CS(=O)S(=O)Cc2ccc(N3C(N)=NC(N)=NC3(C)C)cc2)cc1. The van der Waals surface area contributed by atoms with Crippen LogP contribution in [0, 0.1) is 0 Å². The molecule has 2 heterocycles. The van der Waals surface area contributed by atoms with Crippen molar-refractivity contribution < 1.29 is 8.42 Å². The molecule has 0 bridgehead atoms. The molecule has 2 unspecified atom stereocenters. The molecule has 2 atom stereocenters. The lowest BCUT2D eigenvalue weighted by atomic mass is 10.1. The van der Waals surface area contributed by atoms with Crippen LogP contribution < -0.4 is 32.7 Å². The molecule has 14 heteroatoms. The number of anilines is 2. The van der Waals surface area contributed by atoms with E-state index in [2.05, 4.69) is 20.0 Å². The van der Waals surface area contributed by atoms with E-state index >= 15 is 0 Å². The Morgan fingerprint density at radius 2 is 0.947 bits per heavy atom. The van der Waals surface area contributed by atoms with Gasteiger partial charge in [-0.2, -0.15) is 9.98 Å². The lowest BCUT2D eigenvalue weighted by molar-refractivity contribution is 0.533. The fraction of sp³-hybridized carbons (Fsp3) is 0.333. The number of hydrogen-bond acceptors (Lipinski definition) is 12. The van der Waals surface area contributed by atoms with E-state index in [1.165, 1.54) is 0 Å². The van der Waals surface area contributed by atoms with E-state index in [0.29, 0.717) is 0 Å². The second-order valence-electron chi connectivity index (χ2n) is 9.77. The Bertz CT molecular complexity index is 1290. The van der Waals surface area contributed by atoms with Gasteiger partial charge in [0.1, 0.15) is 31.0 Å². The monoisotopic (exact) mass is 556 g/mol. The zero-order valence-corrected chi connectivity index (χ0v) is 23.3. The van der Waals surface area contributed by atoms with Crippen molar-refractivity contribution >= 4 is 54.9 Å². The number of nitrogens with two attached hydrogens (primary N) is 4. The predicted octanol–water partition coefficient (Wildman–Crippen LogP) is 1.17. The lowest BCUT2D eigenvalue weighted by Crippen LogP contribution is -2.54. The molecule has 0 saturated heterocycles. The highest BCUT2D eigenvalue weighted by molar-refractivity contribution is 8.60. The quantitative estimate of drug-likeness (QED) is 0.365. The molecule has 8 N–H and O–H groups in total. The van der Waals surface area contributed by atoms with Crippen molar-refractivity contribution in [1.82, 2.24) is 0 Å². The van der Waals surface area contributed by atoms with Gasteiger partial charge in [-0.1, -0.05) is 24.3 Å². The molecule has 12 nitrogen and oxygen atoms in total. The number of aliphatic imine (C=N–C) groups is 4. The second kappa shape index (κ2) is 10.2. The van der Waals surface area contributed by atoms with Gasteiger partial charge >= 0.3 is 0 Å². The fourth-order valence-electron chi connectivity index (χ4n) is 4.39. The van der Waals surface area contributed by atoms with Crippen molar-refractivity contribution in [2.45, 2.75) is 50.5 Å². The first kappa shape index (κ1) is 27.3. The Balaban J connectivity index is 1.39. The molecule has 38 heavy (non-hydrogen) atoms. The van der Waals surface area contributed by atoms with Crippen molar-refractivity contribution in [3.63, 3.8) is 0 Å². The van der Waals surface area contributed by atoms with Crippen LogP contribution in [-0.2, 0) is 31.2 Å². The summed E-state index contributed by atoms with van der Waals surface area (Å²) >= 11 is 0. The van der Waals surface area contributed by atoms with E-state index in [-0.39, 0.29) is 35.3 Å². The largest absolute Gasteiger partial charge is 0.369 e. The molecule has 2 aliphatic heterocycles. The minimum atomic E-state index is -1.60. The molecule has 2 aliphatic rings. The van der Waals surface area contributed by atoms with Crippen LogP contribution in [0.25, 0.3) is 0 Å². The maximum Gasteiger partial charge on any atom is 0.220 e. The Labute approximate surface area is 225 Å². The van der Waals surface area contributed by atoms with Crippen LogP contribution in [0.4, 0.5) is 11.4 Å². The van der Waals surface area contributed by atoms with Gasteiger partial charge in [-0.3, -0.25) is 9.80 Å². The van der Waals surface area contributed by atoms with Crippen LogP contribution in [0.5, 0.6) is 0 Å². The van der Waals surface area contributed by atoms with Gasteiger partial charge < -0.3 is 22.9 Å². The van der Waals surface area contributed by atoms with Crippen LogP contribution >= 0.6 is 0 Å². The molecule has 2 aromatic rings. The summed E-state index contributed by atoms with van der Waals surface area (Å²) in [6, 6.07) is 14.7. The molecule has 0 radical (unpaired) electrons. The van der Waals surface area contributed by atoms with Gasteiger partial charge in [-0.05, 0) is 63.1 Å². The van der Waals surface area contributed by atoms with Crippen LogP contribution in [-0.4, -0.2) is 43.6 Å². The maximum atomic E-state index is 12.8. The van der Waals surface area contributed by atoms with Gasteiger partial charge in [-0.25, -0.2) is 18.4 Å². The highest BCUT2D eigenvalue weighted by Gasteiger charge is 2.34. The molecule has 0 saturated carbocycles. The minimum absolute atomic E-state index is 0.126. The topological polar surface area (TPSA) is 194 Å². The zero-order valence-electron chi connectivity index (χ0n) is 21.7. The first-order chi connectivity index (χ1) is 17.8. The Morgan fingerprint density at radius 3 is 1.24 bits per heavy atom. The lowest BCUT2D eigenvalue weighted by Gasteiger charge is -2.38. The second-order valence-corrected chi connectivity index (χ2v) is 13.8. The van der Waals surface area contributed by atoms with Gasteiger partial charge in [0, 0.05) is 11.4 Å². The number of benzene rings is 2. The normalized spacial score (nSPS) is 20.1. The molecule has 2 aromatic carbocycles. The summed E-state index contributed by atoms with van der Waals surface area (Å²) in [4.78, 5) is 20.3. The van der Waals surface area contributed by atoms with Gasteiger partial charge in [0.05, 0.1) is 11.5 Å². The number of nitrogens with zero attached hydrogens (tertiary/aromatic N) is 6. The molecule has 0 amide bonds. The van der Waals surface area contributed by atoms with Crippen molar-refractivity contribution in [3.05, 3.63) is 59.7 Å². The van der Waals surface area contributed by atoms with E-state index in [1.54, 1.807) is 9.80 Å². The van der Waals surface area contributed by atoms with Crippen molar-refractivity contribution in [2.75, 3.05) is 9.80 Å². The van der Waals surface area contributed by atoms with E-state index in [9.17, 15) is 8.42 Å². The average Bonchev–Trinajstić information content (AvgIpc) is 2.78. The molecular formula is C24H32N10O2S2. The zero-order chi connectivity index (χ0) is 27.8. The Kier molecular flexibility index (Phi) is 7.30. The number of rotatable bonds is 7. The third kappa shape index (κ3) is 5.70. The Morgan fingerprint density at radius 1 is 0.632 bits per heavy atom. The molecule has 4 rings (SSSR count). The number of guanidine groups is 4. The number of hydrogen-bond donors (Lipinski definition) is 4. The highest BCUT2D eigenvalue weighted by atomic mass is 33.1. The summed E-state index contributed by atoms with van der Waals surface area (Å²) in [5, 5.41) is 0. The van der Waals surface area contributed by atoms with E-state index in [4.69, 9.17) is 22.9 Å². The van der Waals surface area contributed by atoms with E-state index in [1.807, 2.05) is 76.2 Å². The van der Waals surface area contributed by atoms with Crippen LogP contribution in [0.15, 0.2) is 68.5 Å². The summed E-state index contributed by atoms with van der Waals surface area (Å²) in [6.45, 7) is 7.50. The van der Waals surface area contributed by atoms with Crippen molar-refractivity contribution in [2.24, 2.45) is 42.9 Å². The summed E-state index contributed by atoms with van der Waals surface area (Å²) in [7, 11) is -3.19. The minimum Gasteiger partial charge on any atom is -0.369 e. The van der Waals surface area contributed by atoms with Gasteiger partial charge in [0.25, 0.3) is 0 Å². The summed E-state index contributed by atoms with van der Waals surface area (Å²) in [5.41, 5.74) is 25.3. The molecule has 0 spiro atoms. The third-order valence-electron chi connectivity index (χ3n) is 5.95. The van der Waals surface area contributed by atoms with Gasteiger partial charge in [0.2, 0.25) is 23.8 Å². The first-order valence-corrected chi connectivity index (χ1v) is 14.9. The highest BCUT2D eigenvalue weighted by Crippen LogP contribution is 2.29. The molecule has 202 valence electrons. The van der Waals surface area contributed by atoms with E-state index < -0.39 is 31.0 Å². The van der Waals surface area contributed by atoms with Gasteiger partial charge in [-0.15, -0.1) is 0 Å². The standard InChI is InChI=1S/C24H32N10O2S2/c1-23(2)31-19(25)29-21(27)33(23)17-9-5-15(6-10-17)13-37(35)38(36)14-16-7-11-18(12-8-16)34-22(28)30-20(26)32-24(34,3)4/h5-12H,13-14H2,1-4H3,(H4,25,27,29,31)(H4,26,28,30,32).